The fourth-order valence-electron chi connectivity index (χ4n) is 2.37. The molecule has 7 nitrogen and oxygen atoms in total. The number of rotatable bonds is 11. The van der Waals surface area contributed by atoms with Gasteiger partial charge in [-0.25, -0.2) is 13.1 Å². The summed E-state index contributed by atoms with van der Waals surface area (Å²) in [5.41, 5.74) is 1.82. The van der Waals surface area contributed by atoms with Gasteiger partial charge in [0.2, 0.25) is 10.0 Å². The Hall–Kier alpha value is -1.64. The second kappa shape index (κ2) is 10.5. The van der Waals surface area contributed by atoms with Crippen LogP contribution in [0.3, 0.4) is 0 Å². The Labute approximate surface area is 156 Å². The van der Waals surface area contributed by atoms with Crippen molar-refractivity contribution in [2.24, 2.45) is 10.9 Å². The number of sulfonamides is 1. The third-order valence-corrected chi connectivity index (χ3v) is 5.52. The molecule has 146 valence electrons. The van der Waals surface area contributed by atoms with E-state index >= 15 is 0 Å². The molecule has 0 aliphatic heterocycles. The number of hydrogen-bond donors (Lipinski definition) is 3. The quantitative estimate of drug-likeness (QED) is 0.304. The molecule has 0 heterocycles. The van der Waals surface area contributed by atoms with Crippen molar-refractivity contribution >= 4 is 16.0 Å². The molecule has 0 bridgehead atoms. The topological polar surface area (TPSA) is 91.8 Å². The van der Waals surface area contributed by atoms with Gasteiger partial charge in [0.1, 0.15) is 0 Å². The van der Waals surface area contributed by atoms with E-state index in [2.05, 4.69) is 20.3 Å². The van der Waals surface area contributed by atoms with Gasteiger partial charge in [0.15, 0.2) is 5.96 Å². The smallest absolute Gasteiger partial charge is 0.215 e. The van der Waals surface area contributed by atoms with Gasteiger partial charge < -0.3 is 15.4 Å². The van der Waals surface area contributed by atoms with Gasteiger partial charge in [-0.05, 0) is 43.4 Å². The summed E-state index contributed by atoms with van der Waals surface area (Å²) in [6.07, 6.45) is 3.59. The molecule has 0 atom stereocenters. The van der Waals surface area contributed by atoms with Crippen molar-refractivity contribution in [2.75, 3.05) is 33.9 Å². The maximum absolute atomic E-state index is 11.6. The molecule has 1 saturated carbocycles. The molecule has 0 spiro atoms. The minimum Gasteiger partial charge on any atom is -0.381 e. The van der Waals surface area contributed by atoms with Crippen LogP contribution in [-0.2, 0) is 27.1 Å². The Morgan fingerprint density at radius 3 is 2.50 bits per heavy atom. The Morgan fingerprint density at radius 1 is 1.19 bits per heavy atom. The summed E-state index contributed by atoms with van der Waals surface area (Å²) in [5, 5.41) is 6.52. The highest BCUT2D eigenvalue weighted by Gasteiger charge is 2.20. The predicted octanol–water partition coefficient (Wildman–Crippen LogP) is 1.22. The number of ether oxygens (including phenoxy) is 1. The van der Waals surface area contributed by atoms with Crippen LogP contribution >= 0.6 is 0 Å². The highest BCUT2D eigenvalue weighted by Crippen LogP contribution is 2.28. The third-order valence-electron chi connectivity index (χ3n) is 4.18. The van der Waals surface area contributed by atoms with Gasteiger partial charge in [-0.1, -0.05) is 24.3 Å². The number of aliphatic imine (C=N–C) groups is 1. The van der Waals surface area contributed by atoms with Crippen LogP contribution in [0.4, 0.5) is 0 Å². The maximum atomic E-state index is 11.6. The van der Waals surface area contributed by atoms with Crippen molar-refractivity contribution in [1.82, 2.24) is 15.4 Å². The number of hydrogen-bond acceptors (Lipinski definition) is 4. The van der Waals surface area contributed by atoms with Crippen molar-refractivity contribution in [1.29, 1.82) is 0 Å². The van der Waals surface area contributed by atoms with Gasteiger partial charge in [-0.3, -0.25) is 4.99 Å². The minimum absolute atomic E-state index is 0.0107. The molecule has 2 rings (SSSR count). The summed E-state index contributed by atoms with van der Waals surface area (Å²) in [6, 6.07) is 7.51. The van der Waals surface area contributed by atoms with Crippen LogP contribution in [0.5, 0.6) is 0 Å². The standard InChI is InChI=1S/C18H30N4O3S/c1-19-18(21-10-3-11-25-13-16-6-7-16)22-12-15-4-8-17(9-5-15)14-26(23,24)20-2/h4-5,8-9,16,20H,3,6-7,10-14H2,1-2H3,(H2,19,21,22). The maximum Gasteiger partial charge on any atom is 0.215 e. The zero-order chi connectivity index (χ0) is 18.8. The number of nitrogens with zero attached hydrogens (tertiary/aromatic N) is 1. The lowest BCUT2D eigenvalue weighted by molar-refractivity contribution is 0.123. The van der Waals surface area contributed by atoms with Crippen molar-refractivity contribution in [3.8, 4) is 0 Å². The van der Waals surface area contributed by atoms with E-state index in [9.17, 15) is 8.42 Å². The molecule has 3 N–H and O–H groups in total. The van der Waals surface area contributed by atoms with Crippen molar-refractivity contribution in [2.45, 2.75) is 31.6 Å². The van der Waals surface area contributed by atoms with Gasteiger partial charge >= 0.3 is 0 Å². The fourth-order valence-corrected chi connectivity index (χ4v) is 3.14. The minimum atomic E-state index is -3.24. The average molecular weight is 383 g/mol. The van der Waals surface area contributed by atoms with E-state index in [0.29, 0.717) is 6.54 Å². The number of nitrogens with one attached hydrogen (secondary N) is 3. The van der Waals surface area contributed by atoms with Crippen LogP contribution in [0, 0.1) is 5.92 Å². The number of benzene rings is 1. The van der Waals surface area contributed by atoms with E-state index < -0.39 is 10.0 Å². The van der Waals surface area contributed by atoms with Gasteiger partial charge in [0, 0.05) is 33.4 Å². The molecule has 1 fully saturated rings. The lowest BCUT2D eigenvalue weighted by Gasteiger charge is -2.12. The van der Waals surface area contributed by atoms with Crippen LogP contribution in [0.15, 0.2) is 29.3 Å². The molecule has 1 aromatic carbocycles. The van der Waals surface area contributed by atoms with E-state index in [1.807, 2.05) is 24.3 Å². The summed E-state index contributed by atoms with van der Waals surface area (Å²) >= 11 is 0. The van der Waals surface area contributed by atoms with Crippen LogP contribution in [-0.4, -0.2) is 48.2 Å². The van der Waals surface area contributed by atoms with Gasteiger partial charge in [0.05, 0.1) is 5.75 Å². The molecule has 0 unspecified atom stereocenters. The summed E-state index contributed by atoms with van der Waals surface area (Å²) in [6.45, 7) is 3.11. The second-order valence-corrected chi connectivity index (χ2v) is 8.43. The van der Waals surface area contributed by atoms with E-state index in [-0.39, 0.29) is 5.75 Å². The summed E-state index contributed by atoms with van der Waals surface area (Å²) < 4.78 is 31.0. The summed E-state index contributed by atoms with van der Waals surface area (Å²) in [4.78, 5) is 4.20. The fraction of sp³-hybridized carbons (Fsp3) is 0.611. The van der Waals surface area contributed by atoms with Crippen LogP contribution in [0.1, 0.15) is 30.4 Å². The molecular weight excluding hydrogens is 352 g/mol. The van der Waals surface area contributed by atoms with E-state index in [0.717, 1.165) is 49.2 Å². The van der Waals surface area contributed by atoms with Gasteiger partial charge in [-0.2, -0.15) is 0 Å². The molecule has 0 aromatic heterocycles. The molecule has 0 radical (unpaired) electrons. The van der Waals surface area contributed by atoms with Crippen LogP contribution in [0.2, 0.25) is 0 Å². The van der Waals surface area contributed by atoms with Crippen molar-refractivity contribution < 1.29 is 13.2 Å². The molecule has 0 amide bonds. The highest BCUT2D eigenvalue weighted by atomic mass is 32.2. The molecule has 26 heavy (non-hydrogen) atoms. The summed E-state index contributed by atoms with van der Waals surface area (Å²) in [7, 11) is -0.0758. The van der Waals surface area contributed by atoms with E-state index in [1.165, 1.54) is 19.9 Å². The SMILES string of the molecule is CN=C(NCCCOCC1CC1)NCc1ccc(CS(=O)(=O)NC)cc1. The Morgan fingerprint density at radius 2 is 1.88 bits per heavy atom. The summed E-state index contributed by atoms with van der Waals surface area (Å²) in [5.74, 6) is 1.54. The highest BCUT2D eigenvalue weighted by molar-refractivity contribution is 7.88. The molecule has 1 aliphatic carbocycles. The van der Waals surface area contributed by atoms with E-state index in [1.54, 1.807) is 7.05 Å². The lowest BCUT2D eigenvalue weighted by atomic mass is 10.1. The predicted molar refractivity (Wildman–Crippen MR) is 104 cm³/mol. The first-order chi connectivity index (χ1) is 12.5. The average Bonchev–Trinajstić information content (AvgIpc) is 3.46. The first kappa shape index (κ1) is 20.7. The molecular formula is C18H30N4O3S. The Balaban J connectivity index is 1.65. The monoisotopic (exact) mass is 382 g/mol. The largest absolute Gasteiger partial charge is 0.381 e. The van der Waals surface area contributed by atoms with Crippen LogP contribution in [0.25, 0.3) is 0 Å². The Kier molecular flexibility index (Phi) is 8.34. The van der Waals surface area contributed by atoms with Gasteiger partial charge in [0.25, 0.3) is 0 Å². The van der Waals surface area contributed by atoms with Crippen molar-refractivity contribution in [3.63, 3.8) is 0 Å². The molecule has 8 heteroatoms. The van der Waals surface area contributed by atoms with E-state index in [4.69, 9.17) is 4.74 Å². The first-order valence-electron chi connectivity index (χ1n) is 9.03. The third kappa shape index (κ3) is 8.16. The zero-order valence-corrected chi connectivity index (χ0v) is 16.4. The lowest BCUT2D eigenvalue weighted by Crippen LogP contribution is -2.37. The van der Waals surface area contributed by atoms with Crippen molar-refractivity contribution in [3.05, 3.63) is 35.4 Å². The molecule has 1 aromatic rings. The first-order valence-corrected chi connectivity index (χ1v) is 10.7. The van der Waals surface area contributed by atoms with Gasteiger partial charge in [-0.15, -0.1) is 0 Å². The Bertz CT molecular complexity index is 670. The number of guanidine groups is 1. The zero-order valence-electron chi connectivity index (χ0n) is 15.6. The second-order valence-electron chi connectivity index (χ2n) is 6.50. The normalized spacial score (nSPS) is 15.1. The molecule has 1 aliphatic rings. The van der Waals surface area contributed by atoms with Crippen LogP contribution < -0.4 is 15.4 Å². The molecule has 0 saturated heterocycles.